The number of nitrogens with zero attached hydrogens (tertiary/aromatic N) is 1. The maximum absolute atomic E-state index is 12.0. The summed E-state index contributed by atoms with van der Waals surface area (Å²) in [7, 11) is 0. The van der Waals surface area contributed by atoms with Crippen molar-refractivity contribution in [3.8, 4) is 0 Å². The van der Waals surface area contributed by atoms with Crippen LogP contribution in [0.1, 0.15) is 58.3 Å². The molecule has 2 N–H and O–H groups in total. The standard InChI is InChI=1S/C13H26N2O/c1-2-3-4-5-9-13(16)15(11-10-14)12-7-6-8-12/h12H,2-11,14H2,1H3. The van der Waals surface area contributed by atoms with Gasteiger partial charge in [0.25, 0.3) is 0 Å². The van der Waals surface area contributed by atoms with Gasteiger partial charge < -0.3 is 10.6 Å². The second-order valence-corrected chi connectivity index (χ2v) is 4.77. The summed E-state index contributed by atoms with van der Waals surface area (Å²) in [4.78, 5) is 14.0. The van der Waals surface area contributed by atoms with E-state index in [1.54, 1.807) is 0 Å². The third-order valence-electron chi connectivity index (χ3n) is 3.45. The molecule has 94 valence electrons. The topological polar surface area (TPSA) is 46.3 Å². The first-order valence-electron chi connectivity index (χ1n) is 6.79. The highest BCUT2D eigenvalue weighted by Gasteiger charge is 2.27. The molecule has 3 heteroatoms. The van der Waals surface area contributed by atoms with Crippen molar-refractivity contribution >= 4 is 5.91 Å². The minimum Gasteiger partial charge on any atom is -0.338 e. The van der Waals surface area contributed by atoms with Crippen molar-refractivity contribution in [2.24, 2.45) is 5.73 Å². The lowest BCUT2D eigenvalue weighted by Crippen LogP contribution is -2.46. The highest BCUT2D eigenvalue weighted by molar-refractivity contribution is 5.76. The molecule has 3 nitrogen and oxygen atoms in total. The van der Waals surface area contributed by atoms with Crippen molar-refractivity contribution in [3.05, 3.63) is 0 Å². The van der Waals surface area contributed by atoms with Gasteiger partial charge in [-0.15, -0.1) is 0 Å². The lowest BCUT2D eigenvalue weighted by atomic mass is 9.91. The fourth-order valence-electron chi connectivity index (χ4n) is 2.19. The fourth-order valence-corrected chi connectivity index (χ4v) is 2.19. The molecule has 0 aliphatic heterocycles. The van der Waals surface area contributed by atoms with Gasteiger partial charge in [0.2, 0.25) is 5.91 Å². The van der Waals surface area contributed by atoms with E-state index in [4.69, 9.17) is 5.73 Å². The van der Waals surface area contributed by atoms with Gasteiger partial charge >= 0.3 is 0 Å². The number of carbonyl (C=O) groups is 1. The van der Waals surface area contributed by atoms with Crippen molar-refractivity contribution < 1.29 is 4.79 Å². The maximum atomic E-state index is 12.0. The first kappa shape index (κ1) is 13.5. The molecule has 0 spiro atoms. The molecule has 1 aliphatic carbocycles. The summed E-state index contributed by atoms with van der Waals surface area (Å²) in [5.41, 5.74) is 5.57. The van der Waals surface area contributed by atoms with Gasteiger partial charge in [-0.2, -0.15) is 0 Å². The number of rotatable bonds is 8. The molecule has 1 fully saturated rings. The van der Waals surface area contributed by atoms with E-state index in [0.717, 1.165) is 19.4 Å². The van der Waals surface area contributed by atoms with E-state index in [0.29, 0.717) is 18.5 Å². The minimum atomic E-state index is 0.325. The van der Waals surface area contributed by atoms with E-state index in [1.165, 1.54) is 38.5 Å². The van der Waals surface area contributed by atoms with Crippen LogP contribution in [0, 0.1) is 0 Å². The largest absolute Gasteiger partial charge is 0.338 e. The summed E-state index contributed by atoms with van der Waals surface area (Å²) in [5.74, 6) is 0.325. The van der Waals surface area contributed by atoms with Crippen molar-refractivity contribution in [3.63, 3.8) is 0 Å². The van der Waals surface area contributed by atoms with Crippen molar-refractivity contribution in [2.45, 2.75) is 64.3 Å². The van der Waals surface area contributed by atoms with Crippen molar-refractivity contribution in [2.75, 3.05) is 13.1 Å². The molecule has 1 amide bonds. The summed E-state index contributed by atoms with van der Waals surface area (Å²) in [5, 5.41) is 0. The normalized spacial score (nSPS) is 15.9. The van der Waals surface area contributed by atoms with Gasteiger partial charge in [-0.1, -0.05) is 26.2 Å². The number of hydrogen-bond donors (Lipinski definition) is 1. The van der Waals surface area contributed by atoms with Gasteiger partial charge in [-0.3, -0.25) is 4.79 Å². The molecule has 0 aromatic heterocycles. The average molecular weight is 226 g/mol. The molecule has 0 atom stereocenters. The van der Waals surface area contributed by atoms with Crippen LogP contribution in [0.5, 0.6) is 0 Å². The van der Waals surface area contributed by atoms with Crippen LogP contribution >= 0.6 is 0 Å². The lowest BCUT2D eigenvalue weighted by Gasteiger charge is -2.37. The van der Waals surface area contributed by atoms with Gasteiger partial charge in [-0.05, 0) is 25.7 Å². The molecule has 1 aliphatic rings. The maximum Gasteiger partial charge on any atom is 0.222 e. The second kappa shape index (κ2) is 7.66. The Hall–Kier alpha value is -0.570. The molecule has 0 bridgehead atoms. The molecule has 0 unspecified atom stereocenters. The van der Waals surface area contributed by atoms with E-state index >= 15 is 0 Å². The summed E-state index contributed by atoms with van der Waals surface area (Å²) in [6.07, 6.45) is 9.05. The van der Waals surface area contributed by atoms with Crippen LogP contribution in [0.15, 0.2) is 0 Å². The molecule has 0 aromatic rings. The third-order valence-corrected chi connectivity index (χ3v) is 3.45. The molecule has 0 saturated heterocycles. The predicted molar refractivity (Wildman–Crippen MR) is 67.2 cm³/mol. The highest BCUT2D eigenvalue weighted by Crippen LogP contribution is 2.25. The molecular weight excluding hydrogens is 200 g/mol. The van der Waals surface area contributed by atoms with E-state index in [-0.39, 0.29) is 0 Å². The SMILES string of the molecule is CCCCCCC(=O)N(CCN)C1CCC1. The molecule has 0 radical (unpaired) electrons. The van der Waals surface area contributed by atoms with Gasteiger partial charge in [-0.25, -0.2) is 0 Å². The zero-order chi connectivity index (χ0) is 11.8. The number of carbonyl (C=O) groups excluding carboxylic acids is 1. The quantitative estimate of drug-likeness (QED) is 0.645. The highest BCUT2D eigenvalue weighted by atomic mass is 16.2. The molecule has 0 heterocycles. The average Bonchev–Trinajstić information content (AvgIpc) is 2.21. The Labute approximate surface area is 99.4 Å². The first-order valence-corrected chi connectivity index (χ1v) is 6.79. The van der Waals surface area contributed by atoms with Gasteiger partial charge in [0.15, 0.2) is 0 Å². The summed E-state index contributed by atoms with van der Waals surface area (Å²) in [6.45, 7) is 3.53. The van der Waals surface area contributed by atoms with E-state index in [9.17, 15) is 4.79 Å². The molecule has 1 rings (SSSR count). The van der Waals surface area contributed by atoms with Crippen molar-refractivity contribution in [1.82, 2.24) is 4.90 Å². The number of hydrogen-bond acceptors (Lipinski definition) is 2. The number of amides is 1. The second-order valence-electron chi connectivity index (χ2n) is 4.77. The smallest absolute Gasteiger partial charge is 0.222 e. The van der Waals surface area contributed by atoms with Crippen LogP contribution in [0.2, 0.25) is 0 Å². The Bertz CT molecular complexity index is 202. The van der Waals surface area contributed by atoms with Gasteiger partial charge in [0.05, 0.1) is 0 Å². The Morgan fingerprint density at radius 3 is 2.56 bits per heavy atom. The van der Waals surface area contributed by atoms with E-state index < -0.39 is 0 Å². The van der Waals surface area contributed by atoms with E-state index in [2.05, 4.69) is 6.92 Å². The van der Waals surface area contributed by atoms with Crippen LogP contribution in [-0.4, -0.2) is 29.9 Å². The lowest BCUT2D eigenvalue weighted by molar-refractivity contribution is -0.135. The Morgan fingerprint density at radius 2 is 2.06 bits per heavy atom. The predicted octanol–water partition coefficient (Wildman–Crippen LogP) is 2.30. The zero-order valence-electron chi connectivity index (χ0n) is 10.6. The molecule has 16 heavy (non-hydrogen) atoms. The summed E-state index contributed by atoms with van der Waals surface area (Å²) >= 11 is 0. The monoisotopic (exact) mass is 226 g/mol. The zero-order valence-corrected chi connectivity index (χ0v) is 10.6. The van der Waals surface area contributed by atoms with Crippen LogP contribution < -0.4 is 5.73 Å². The van der Waals surface area contributed by atoms with Gasteiger partial charge in [0, 0.05) is 25.6 Å². The molecule has 0 aromatic carbocycles. The van der Waals surface area contributed by atoms with Crippen LogP contribution in [-0.2, 0) is 4.79 Å². The summed E-state index contributed by atoms with van der Waals surface area (Å²) < 4.78 is 0. The summed E-state index contributed by atoms with van der Waals surface area (Å²) in [6, 6.07) is 0.502. The fraction of sp³-hybridized carbons (Fsp3) is 0.923. The third kappa shape index (κ3) is 4.12. The Morgan fingerprint density at radius 1 is 1.31 bits per heavy atom. The van der Waals surface area contributed by atoms with Crippen molar-refractivity contribution in [1.29, 1.82) is 0 Å². The molecule has 1 saturated carbocycles. The Kier molecular flexibility index (Phi) is 6.46. The van der Waals surface area contributed by atoms with Crippen LogP contribution in [0.25, 0.3) is 0 Å². The number of nitrogens with two attached hydrogens (primary N) is 1. The number of unbranched alkanes of at least 4 members (excludes halogenated alkanes) is 3. The Balaban J connectivity index is 2.23. The molecular formula is C13H26N2O. The van der Waals surface area contributed by atoms with Crippen LogP contribution in [0.3, 0.4) is 0 Å². The first-order chi connectivity index (χ1) is 7.79. The van der Waals surface area contributed by atoms with E-state index in [1.807, 2.05) is 4.90 Å². The van der Waals surface area contributed by atoms with Gasteiger partial charge in [0.1, 0.15) is 0 Å². The minimum absolute atomic E-state index is 0.325. The van der Waals surface area contributed by atoms with Crippen LogP contribution in [0.4, 0.5) is 0 Å².